The third-order valence-electron chi connectivity index (χ3n) is 2.43. The Kier molecular flexibility index (Phi) is 4.47. The Balaban J connectivity index is 2.88. The lowest BCUT2D eigenvalue weighted by Gasteiger charge is -2.19. The molecule has 0 radical (unpaired) electrons. The van der Waals surface area contributed by atoms with Crippen LogP contribution in [0.2, 0.25) is 0 Å². The molecule has 0 aliphatic rings. The number of amides is 1. The van der Waals surface area contributed by atoms with E-state index in [0.717, 1.165) is 0 Å². The fourth-order valence-corrected chi connectivity index (χ4v) is 1.44. The maximum absolute atomic E-state index is 11.1. The number of carbonyl (C=O) groups excluding carboxylic acids is 1. The number of hydrogen-bond acceptors (Lipinski definition) is 5. The summed E-state index contributed by atoms with van der Waals surface area (Å²) < 4.78 is 0. The first kappa shape index (κ1) is 13.8. The molecule has 7 nitrogen and oxygen atoms in total. The molecule has 1 rings (SSSR count). The molecule has 18 heavy (non-hydrogen) atoms. The third-order valence-corrected chi connectivity index (χ3v) is 2.43. The third kappa shape index (κ3) is 3.34. The zero-order chi connectivity index (χ0) is 13.7. The number of nitrogens with zero attached hydrogens (tertiary/aromatic N) is 2. The van der Waals surface area contributed by atoms with Crippen LogP contribution in [-0.2, 0) is 4.79 Å². The second-order valence-corrected chi connectivity index (χ2v) is 3.79. The summed E-state index contributed by atoms with van der Waals surface area (Å²) in [6, 6.07) is 1.35. The fourth-order valence-electron chi connectivity index (χ4n) is 1.44. The Hall–Kier alpha value is -2.31. The second kappa shape index (κ2) is 5.85. The average Bonchev–Trinajstić information content (AvgIpc) is 2.35. The first-order chi connectivity index (χ1) is 8.45. The first-order valence-electron chi connectivity index (χ1n) is 5.36. The van der Waals surface area contributed by atoms with Crippen molar-refractivity contribution in [3.63, 3.8) is 0 Å². The van der Waals surface area contributed by atoms with Gasteiger partial charge in [-0.05, 0) is 6.07 Å². The molecule has 0 atom stereocenters. The van der Waals surface area contributed by atoms with Gasteiger partial charge in [-0.2, -0.15) is 0 Å². The van der Waals surface area contributed by atoms with E-state index in [1.54, 1.807) is 19.0 Å². The minimum absolute atomic E-state index is 0.0226. The summed E-state index contributed by atoms with van der Waals surface area (Å²) >= 11 is 0. The van der Waals surface area contributed by atoms with Gasteiger partial charge in [-0.3, -0.25) is 4.79 Å². The van der Waals surface area contributed by atoms with E-state index in [4.69, 9.17) is 10.8 Å². The number of pyridine rings is 1. The zero-order valence-corrected chi connectivity index (χ0v) is 10.3. The summed E-state index contributed by atoms with van der Waals surface area (Å²) in [4.78, 5) is 27.8. The number of aromatic nitrogens is 1. The van der Waals surface area contributed by atoms with Crippen LogP contribution in [0, 0.1) is 0 Å². The number of aromatic carboxylic acids is 1. The molecule has 98 valence electrons. The molecule has 0 fully saturated rings. The number of rotatable bonds is 5. The molecule has 0 saturated heterocycles. The van der Waals surface area contributed by atoms with Gasteiger partial charge in [-0.1, -0.05) is 0 Å². The highest BCUT2D eigenvalue weighted by molar-refractivity contribution is 5.94. The molecule has 0 aromatic carbocycles. The average molecular weight is 252 g/mol. The zero-order valence-electron chi connectivity index (χ0n) is 10.3. The number of anilines is 2. The summed E-state index contributed by atoms with van der Waals surface area (Å²) in [5.41, 5.74) is 5.81. The fraction of sp³-hybridized carbons (Fsp3) is 0.364. The van der Waals surface area contributed by atoms with Gasteiger partial charge in [0.25, 0.3) is 0 Å². The van der Waals surface area contributed by atoms with Crippen molar-refractivity contribution >= 4 is 23.4 Å². The maximum atomic E-state index is 11.1. The summed E-state index contributed by atoms with van der Waals surface area (Å²) in [5.74, 6) is -0.925. The van der Waals surface area contributed by atoms with Crippen LogP contribution in [0.15, 0.2) is 12.3 Å². The van der Waals surface area contributed by atoms with E-state index >= 15 is 0 Å². The summed E-state index contributed by atoms with van der Waals surface area (Å²) in [7, 11) is 3.22. The van der Waals surface area contributed by atoms with Gasteiger partial charge in [0.15, 0.2) is 0 Å². The van der Waals surface area contributed by atoms with Crippen molar-refractivity contribution in [2.24, 2.45) is 0 Å². The molecule has 4 N–H and O–H groups in total. The van der Waals surface area contributed by atoms with Crippen molar-refractivity contribution in [2.45, 2.75) is 6.42 Å². The molecule has 1 amide bonds. The predicted molar refractivity (Wildman–Crippen MR) is 67.6 cm³/mol. The Bertz CT molecular complexity index is 462. The largest absolute Gasteiger partial charge is 0.478 e. The molecular formula is C11H16N4O3. The van der Waals surface area contributed by atoms with Gasteiger partial charge in [-0.15, -0.1) is 0 Å². The van der Waals surface area contributed by atoms with Crippen LogP contribution in [0.25, 0.3) is 0 Å². The van der Waals surface area contributed by atoms with Gasteiger partial charge in [0.05, 0.1) is 11.9 Å². The SMILES string of the molecule is CNC(=O)CCN(C)c1ncc(N)cc1C(=O)O. The van der Waals surface area contributed by atoms with Gasteiger partial charge in [0.2, 0.25) is 5.91 Å². The van der Waals surface area contributed by atoms with Crippen LogP contribution in [0.4, 0.5) is 11.5 Å². The molecule has 0 unspecified atom stereocenters. The van der Waals surface area contributed by atoms with Crippen LogP contribution in [0.5, 0.6) is 0 Å². The highest BCUT2D eigenvalue weighted by Crippen LogP contribution is 2.19. The summed E-state index contributed by atoms with van der Waals surface area (Å²) in [5, 5.41) is 11.6. The maximum Gasteiger partial charge on any atom is 0.339 e. The van der Waals surface area contributed by atoms with Crippen molar-refractivity contribution in [1.29, 1.82) is 0 Å². The molecule has 1 aromatic heterocycles. The van der Waals surface area contributed by atoms with Gasteiger partial charge in [0.1, 0.15) is 11.4 Å². The number of carbonyl (C=O) groups is 2. The quantitative estimate of drug-likeness (QED) is 0.677. The van der Waals surface area contributed by atoms with Crippen molar-refractivity contribution in [2.75, 3.05) is 31.3 Å². The highest BCUT2D eigenvalue weighted by Gasteiger charge is 2.16. The number of nitrogens with two attached hydrogens (primary N) is 1. The van der Waals surface area contributed by atoms with E-state index in [1.807, 2.05) is 0 Å². The Morgan fingerprint density at radius 3 is 2.78 bits per heavy atom. The monoisotopic (exact) mass is 252 g/mol. The normalized spacial score (nSPS) is 9.89. The van der Waals surface area contributed by atoms with E-state index in [9.17, 15) is 9.59 Å². The lowest BCUT2D eigenvalue weighted by atomic mass is 10.2. The Morgan fingerprint density at radius 2 is 2.22 bits per heavy atom. The minimum atomic E-state index is -1.10. The molecular weight excluding hydrogens is 236 g/mol. The second-order valence-electron chi connectivity index (χ2n) is 3.79. The summed E-state index contributed by atoms with van der Waals surface area (Å²) in [6.45, 7) is 0.372. The standard InChI is InChI=1S/C11H16N4O3/c1-13-9(16)3-4-15(2)10-8(11(17)18)5-7(12)6-14-10/h5-6H,3-4,12H2,1-2H3,(H,13,16)(H,17,18). The van der Waals surface area contributed by atoms with E-state index in [-0.39, 0.29) is 23.6 Å². The topological polar surface area (TPSA) is 109 Å². The van der Waals surface area contributed by atoms with Crippen molar-refractivity contribution < 1.29 is 14.7 Å². The van der Waals surface area contributed by atoms with Crippen LogP contribution >= 0.6 is 0 Å². The van der Waals surface area contributed by atoms with E-state index < -0.39 is 5.97 Å². The first-order valence-corrected chi connectivity index (χ1v) is 5.36. The number of carboxylic acids is 1. The summed E-state index contributed by atoms with van der Waals surface area (Å²) in [6.07, 6.45) is 1.65. The molecule has 0 aliphatic heterocycles. The molecule has 0 spiro atoms. The molecule has 0 aliphatic carbocycles. The lowest BCUT2D eigenvalue weighted by Crippen LogP contribution is -2.28. The number of nitrogen functional groups attached to an aromatic ring is 1. The smallest absolute Gasteiger partial charge is 0.339 e. The Labute approximate surface area is 105 Å². The lowest BCUT2D eigenvalue weighted by molar-refractivity contribution is -0.120. The highest BCUT2D eigenvalue weighted by atomic mass is 16.4. The molecule has 0 bridgehead atoms. The molecule has 1 aromatic rings. The number of nitrogens with one attached hydrogen (secondary N) is 1. The van der Waals surface area contributed by atoms with Crippen molar-refractivity contribution in [3.05, 3.63) is 17.8 Å². The number of carboxylic acid groups (broad SMARTS) is 1. The van der Waals surface area contributed by atoms with Crippen LogP contribution in [0.1, 0.15) is 16.8 Å². The van der Waals surface area contributed by atoms with Gasteiger partial charge >= 0.3 is 5.97 Å². The minimum Gasteiger partial charge on any atom is -0.478 e. The van der Waals surface area contributed by atoms with Crippen LogP contribution in [0.3, 0.4) is 0 Å². The van der Waals surface area contributed by atoms with Crippen molar-refractivity contribution in [3.8, 4) is 0 Å². The van der Waals surface area contributed by atoms with Gasteiger partial charge in [-0.25, -0.2) is 9.78 Å². The van der Waals surface area contributed by atoms with Crippen LogP contribution in [-0.4, -0.2) is 42.6 Å². The predicted octanol–water partition coefficient (Wildman–Crippen LogP) is -0.0657. The molecule has 7 heteroatoms. The number of hydrogen-bond donors (Lipinski definition) is 3. The van der Waals surface area contributed by atoms with E-state index in [1.165, 1.54) is 12.3 Å². The molecule has 0 saturated carbocycles. The van der Waals surface area contributed by atoms with Gasteiger partial charge in [0, 0.05) is 27.1 Å². The van der Waals surface area contributed by atoms with Crippen LogP contribution < -0.4 is 16.0 Å². The van der Waals surface area contributed by atoms with E-state index in [2.05, 4.69) is 10.3 Å². The van der Waals surface area contributed by atoms with Gasteiger partial charge < -0.3 is 21.1 Å². The Morgan fingerprint density at radius 1 is 1.56 bits per heavy atom. The van der Waals surface area contributed by atoms with E-state index in [0.29, 0.717) is 12.4 Å². The van der Waals surface area contributed by atoms with Crippen molar-refractivity contribution in [1.82, 2.24) is 10.3 Å². The molecule has 1 heterocycles.